The van der Waals surface area contributed by atoms with Gasteiger partial charge in [-0.1, -0.05) is 11.3 Å². The molecule has 2 atom stereocenters. The summed E-state index contributed by atoms with van der Waals surface area (Å²) in [5.41, 5.74) is 0.400. The minimum Gasteiger partial charge on any atom is -0.373 e. The van der Waals surface area contributed by atoms with Gasteiger partial charge in [0, 0.05) is 18.8 Å². The van der Waals surface area contributed by atoms with Crippen LogP contribution in [-0.2, 0) is 14.8 Å². The molecule has 1 N–H and O–H groups in total. The number of sulfonamides is 1. The number of nitrogens with one attached hydrogen (secondary N) is 1. The van der Waals surface area contributed by atoms with Crippen LogP contribution in [0.2, 0.25) is 0 Å². The van der Waals surface area contributed by atoms with Gasteiger partial charge in [-0.3, -0.25) is 4.79 Å². The maximum absolute atomic E-state index is 12.4. The van der Waals surface area contributed by atoms with Gasteiger partial charge < -0.3 is 9.72 Å². The van der Waals surface area contributed by atoms with E-state index < -0.39 is 10.0 Å². The van der Waals surface area contributed by atoms with Gasteiger partial charge in [0.15, 0.2) is 4.21 Å². The lowest BCUT2D eigenvalue weighted by Crippen LogP contribution is -2.48. The molecule has 0 radical (unpaired) electrons. The number of aromatic amines is 1. The number of H-pyrrole nitrogens is 1. The van der Waals surface area contributed by atoms with Gasteiger partial charge in [0.05, 0.1) is 12.2 Å². The molecule has 1 aromatic rings. The number of thiazole rings is 1. The van der Waals surface area contributed by atoms with E-state index in [1.54, 1.807) is 6.92 Å². The Morgan fingerprint density at radius 1 is 1.33 bits per heavy atom. The van der Waals surface area contributed by atoms with Crippen LogP contribution in [0.25, 0.3) is 0 Å². The summed E-state index contributed by atoms with van der Waals surface area (Å²) in [6.07, 6.45) is -0.279. The van der Waals surface area contributed by atoms with Gasteiger partial charge >= 0.3 is 4.87 Å². The number of aryl methyl sites for hydroxylation is 1. The highest BCUT2D eigenvalue weighted by Gasteiger charge is 2.34. The molecular weight excluding hydrogens is 276 g/mol. The average Bonchev–Trinajstić information content (AvgIpc) is 2.57. The lowest BCUT2D eigenvalue weighted by molar-refractivity contribution is -0.0440. The molecule has 1 aliphatic heterocycles. The Bertz CT molecular complexity index is 579. The van der Waals surface area contributed by atoms with Gasteiger partial charge in [0.1, 0.15) is 0 Å². The molecule has 0 amide bonds. The molecule has 18 heavy (non-hydrogen) atoms. The average molecular weight is 292 g/mol. The molecule has 0 saturated carbocycles. The van der Waals surface area contributed by atoms with Crippen molar-refractivity contribution in [1.29, 1.82) is 0 Å². The molecule has 102 valence electrons. The molecule has 8 heteroatoms. The Balaban J connectivity index is 2.37. The van der Waals surface area contributed by atoms with Crippen LogP contribution in [0.1, 0.15) is 19.5 Å². The van der Waals surface area contributed by atoms with E-state index in [0.29, 0.717) is 18.8 Å². The SMILES string of the molecule is Cc1[nH]c(=O)sc1S(=O)(=O)N1C[C@@H](C)O[C@@H](C)C1. The fraction of sp³-hybridized carbons (Fsp3) is 0.700. The minimum atomic E-state index is -3.60. The third kappa shape index (κ3) is 2.51. The summed E-state index contributed by atoms with van der Waals surface area (Å²) < 4.78 is 31.9. The molecule has 2 heterocycles. The molecule has 6 nitrogen and oxygen atoms in total. The van der Waals surface area contributed by atoms with E-state index in [2.05, 4.69) is 4.98 Å². The van der Waals surface area contributed by atoms with Gasteiger partial charge in [-0.2, -0.15) is 4.31 Å². The normalized spacial score (nSPS) is 26.4. The Kier molecular flexibility index (Phi) is 3.63. The van der Waals surface area contributed by atoms with Crippen molar-refractivity contribution < 1.29 is 13.2 Å². The van der Waals surface area contributed by atoms with Crippen molar-refractivity contribution in [2.75, 3.05) is 13.1 Å². The number of hydrogen-bond acceptors (Lipinski definition) is 5. The van der Waals surface area contributed by atoms with Crippen LogP contribution in [0, 0.1) is 6.92 Å². The number of aromatic nitrogens is 1. The van der Waals surface area contributed by atoms with E-state index >= 15 is 0 Å². The van der Waals surface area contributed by atoms with Crippen LogP contribution in [0.15, 0.2) is 9.00 Å². The zero-order valence-electron chi connectivity index (χ0n) is 10.5. The molecule has 1 fully saturated rings. The first-order chi connectivity index (χ1) is 8.30. The topological polar surface area (TPSA) is 79.5 Å². The van der Waals surface area contributed by atoms with Crippen LogP contribution in [0.3, 0.4) is 0 Å². The molecule has 1 aliphatic rings. The maximum atomic E-state index is 12.4. The monoisotopic (exact) mass is 292 g/mol. The standard InChI is InChI=1S/C10H16N2O4S2/c1-6-4-12(5-7(2)16-6)18(14,15)9-8(3)11-10(13)17-9/h6-7H,4-5H2,1-3H3,(H,11,13)/t6-,7+. The summed E-state index contributed by atoms with van der Waals surface area (Å²) in [6.45, 7) is 5.91. The zero-order chi connectivity index (χ0) is 13.5. The smallest absolute Gasteiger partial charge is 0.305 e. The third-order valence-corrected chi connectivity index (χ3v) is 6.16. The van der Waals surface area contributed by atoms with Gasteiger partial charge in [-0.25, -0.2) is 8.42 Å². The molecule has 0 unspecified atom stereocenters. The Morgan fingerprint density at radius 3 is 2.33 bits per heavy atom. The van der Waals surface area contributed by atoms with E-state index in [9.17, 15) is 13.2 Å². The van der Waals surface area contributed by atoms with Gasteiger partial charge in [-0.15, -0.1) is 0 Å². The lowest BCUT2D eigenvalue weighted by Gasteiger charge is -2.34. The Morgan fingerprint density at radius 2 is 1.89 bits per heavy atom. The molecule has 1 saturated heterocycles. The first kappa shape index (κ1) is 13.7. The molecule has 0 aromatic carbocycles. The zero-order valence-corrected chi connectivity index (χ0v) is 12.1. The van der Waals surface area contributed by atoms with Crippen LogP contribution < -0.4 is 4.87 Å². The second-order valence-corrected chi connectivity index (χ2v) is 7.62. The summed E-state index contributed by atoms with van der Waals surface area (Å²) in [5.74, 6) is 0. The maximum Gasteiger partial charge on any atom is 0.305 e. The molecule has 0 aliphatic carbocycles. The predicted octanol–water partition coefficient (Wildman–Crippen LogP) is 0.543. The highest BCUT2D eigenvalue weighted by molar-refractivity contribution is 7.91. The number of nitrogens with zero attached hydrogens (tertiary/aromatic N) is 1. The second kappa shape index (κ2) is 4.76. The number of ether oxygens (including phenoxy) is 1. The Hall–Kier alpha value is -0.700. The largest absolute Gasteiger partial charge is 0.373 e. The van der Waals surface area contributed by atoms with Crippen LogP contribution in [0.4, 0.5) is 0 Å². The van der Waals surface area contributed by atoms with Crippen molar-refractivity contribution in [3.8, 4) is 0 Å². The highest BCUT2D eigenvalue weighted by Crippen LogP contribution is 2.24. The van der Waals surface area contributed by atoms with Crippen molar-refractivity contribution in [3.05, 3.63) is 15.4 Å². The van der Waals surface area contributed by atoms with Crippen molar-refractivity contribution in [2.24, 2.45) is 0 Å². The predicted molar refractivity (Wildman–Crippen MR) is 68.4 cm³/mol. The van der Waals surface area contributed by atoms with Crippen LogP contribution >= 0.6 is 11.3 Å². The summed E-state index contributed by atoms with van der Waals surface area (Å²) in [6, 6.07) is 0. The van der Waals surface area contributed by atoms with Crippen molar-refractivity contribution in [1.82, 2.24) is 9.29 Å². The molecule has 1 aromatic heterocycles. The second-order valence-electron chi connectivity index (χ2n) is 4.51. The summed E-state index contributed by atoms with van der Waals surface area (Å²) in [7, 11) is -3.60. The van der Waals surface area contributed by atoms with Crippen molar-refractivity contribution in [3.63, 3.8) is 0 Å². The van der Waals surface area contributed by atoms with Gasteiger partial charge in [0.25, 0.3) is 10.0 Å². The van der Waals surface area contributed by atoms with Crippen molar-refractivity contribution in [2.45, 2.75) is 37.2 Å². The quantitative estimate of drug-likeness (QED) is 0.863. The summed E-state index contributed by atoms with van der Waals surface area (Å²) in [5, 5.41) is 0. The van der Waals surface area contributed by atoms with E-state index in [0.717, 1.165) is 11.3 Å². The van der Waals surface area contributed by atoms with Crippen LogP contribution in [-0.4, -0.2) is 43.0 Å². The van der Waals surface area contributed by atoms with Crippen molar-refractivity contribution >= 4 is 21.4 Å². The van der Waals surface area contributed by atoms with Gasteiger partial charge in [0.2, 0.25) is 0 Å². The lowest BCUT2D eigenvalue weighted by atomic mass is 10.3. The minimum absolute atomic E-state index is 0.105. The van der Waals surface area contributed by atoms with E-state index in [1.807, 2.05) is 13.8 Å². The first-order valence-electron chi connectivity index (χ1n) is 5.66. The molecule has 2 rings (SSSR count). The molecular formula is C10H16N2O4S2. The molecule has 0 spiro atoms. The third-order valence-electron chi connectivity index (χ3n) is 2.74. The van der Waals surface area contributed by atoms with E-state index in [4.69, 9.17) is 4.74 Å². The van der Waals surface area contributed by atoms with Crippen LogP contribution in [0.5, 0.6) is 0 Å². The molecule has 0 bridgehead atoms. The summed E-state index contributed by atoms with van der Waals surface area (Å²) >= 11 is 0.736. The fourth-order valence-electron chi connectivity index (χ4n) is 2.08. The van der Waals surface area contributed by atoms with Gasteiger partial charge in [-0.05, 0) is 20.8 Å². The fourth-order valence-corrected chi connectivity index (χ4v) is 5.11. The number of morpholine rings is 1. The number of rotatable bonds is 2. The number of hydrogen-bond donors (Lipinski definition) is 1. The highest BCUT2D eigenvalue weighted by atomic mass is 32.2. The summed E-state index contributed by atoms with van der Waals surface area (Å²) in [4.78, 5) is 13.4. The Labute approximate surface area is 110 Å². The first-order valence-corrected chi connectivity index (χ1v) is 7.91. The van der Waals surface area contributed by atoms with E-state index in [1.165, 1.54) is 4.31 Å². The van der Waals surface area contributed by atoms with E-state index in [-0.39, 0.29) is 21.3 Å².